The van der Waals surface area contributed by atoms with Crippen molar-refractivity contribution < 1.29 is 14.8 Å². The SMILES string of the molecule is CN(CC1CC(O)C1)C(=O)c1cc([N+](=O)[O-])ccc1N. The third kappa shape index (κ3) is 2.88. The lowest BCUT2D eigenvalue weighted by atomic mass is 9.82. The van der Waals surface area contributed by atoms with Crippen LogP contribution in [0.5, 0.6) is 0 Å². The number of hydrogen-bond acceptors (Lipinski definition) is 5. The normalized spacial score (nSPS) is 21.1. The second-order valence-electron chi connectivity index (χ2n) is 5.21. The fraction of sp³-hybridized carbons (Fsp3) is 0.462. The van der Waals surface area contributed by atoms with Crippen LogP contribution in [0.25, 0.3) is 0 Å². The largest absolute Gasteiger partial charge is 0.398 e. The van der Waals surface area contributed by atoms with E-state index in [1.54, 1.807) is 7.05 Å². The third-order valence-electron chi connectivity index (χ3n) is 3.57. The number of non-ortho nitro benzene ring substituents is 1. The highest BCUT2D eigenvalue weighted by molar-refractivity contribution is 5.99. The molecule has 1 aromatic carbocycles. The summed E-state index contributed by atoms with van der Waals surface area (Å²) in [5.74, 6) is -0.0635. The fourth-order valence-electron chi connectivity index (χ4n) is 2.37. The number of carbonyl (C=O) groups excluding carboxylic acids is 1. The first-order valence-corrected chi connectivity index (χ1v) is 6.36. The molecule has 0 unspecified atom stereocenters. The van der Waals surface area contributed by atoms with Gasteiger partial charge >= 0.3 is 0 Å². The van der Waals surface area contributed by atoms with E-state index in [1.165, 1.54) is 23.1 Å². The van der Waals surface area contributed by atoms with E-state index in [0.717, 1.165) is 0 Å². The number of nitrogen functional groups attached to an aromatic ring is 1. The number of rotatable bonds is 4. The molecule has 1 amide bonds. The van der Waals surface area contributed by atoms with Crippen LogP contribution in [-0.4, -0.2) is 40.5 Å². The number of aliphatic hydroxyl groups excluding tert-OH is 1. The van der Waals surface area contributed by atoms with Crippen molar-refractivity contribution in [3.05, 3.63) is 33.9 Å². The highest BCUT2D eigenvalue weighted by atomic mass is 16.6. The summed E-state index contributed by atoms with van der Waals surface area (Å²) in [6, 6.07) is 3.84. The Bertz CT molecular complexity index is 540. The number of amides is 1. The molecule has 0 heterocycles. The summed E-state index contributed by atoms with van der Waals surface area (Å²) in [5, 5.41) is 20.0. The topological polar surface area (TPSA) is 110 Å². The minimum absolute atomic E-state index is 0.140. The number of hydrogen-bond donors (Lipinski definition) is 2. The number of anilines is 1. The van der Waals surface area contributed by atoms with Crippen LogP contribution in [0.15, 0.2) is 18.2 Å². The van der Waals surface area contributed by atoms with E-state index in [1.807, 2.05) is 0 Å². The summed E-state index contributed by atoms with van der Waals surface area (Å²) >= 11 is 0. The standard InChI is InChI=1S/C13H17N3O4/c1-15(7-8-4-10(17)5-8)13(18)11-6-9(16(19)20)2-3-12(11)14/h2-3,6,8,10,17H,4-5,7,14H2,1H3. The van der Waals surface area contributed by atoms with Gasteiger partial charge in [0.25, 0.3) is 11.6 Å². The molecule has 1 saturated carbocycles. The van der Waals surface area contributed by atoms with Crippen LogP contribution in [0.2, 0.25) is 0 Å². The predicted octanol–water partition coefficient (Wildman–Crippen LogP) is 1.02. The molecule has 0 spiro atoms. The molecule has 20 heavy (non-hydrogen) atoms. The minimum atomic E-state index is -0.557. The van der Waals surface area contributed by atoms with Gasteiger partial charge in [-0.1, -0.05) is 0 Å². The van der Waals surface area contributed by atoms with Gasteiger partial charge in [-0.15, -0.1) is 0 Å². The van der Waals surface area contributed by atoms with Gasteiger partial charge in [0.05, 0.1) is 16.6 Å². The first kappa shape index (κ1) is 14.3. The van der Waals surface area contributed by atoms with Crippen molar-refractivity contribution in [3.8, 4) is 0 Å². The summed E-state index contributed by atoms with van der Waals surface area (Å²) in [4.78, 5) is 23.9. The Morgan fingerprint density at radius 2 is 2.20 bits per heavy atom. The summed E-state index contributed by atoms with van der Waals surface area (Å²) in [5.41, 5.74) is 5.92. The van der Waals surface area contributed by atoms with Gasteiger partial charge in [0, 0.05) is 31.4 Å². The molecule has 1 aliphatic rings. The van der Waals surface area contributed by atoms with Gasteiger partial charge in [-0.25, -0.2) is 0 Å². The summed E-state index contributed by atoms with van der Waals surface area (Å²) in [7, 11) is 1.63. The van der Waals surface area contributed by atoms with Gasteiger partial charge in [0.2, 0.25) is 0 Å². The second-order valence-corrected chi connectivity index (χ2v) is 5.21. The molecule has 0 radical (unpaired) electrons. The summed E-state index contributed by atoms with van der Waals surface area (Å²) in [6.07, 6.45) is 1.09. The maximum Gasteiger partial charge on any atom is 0.270 e. The van der Waals surface area contributed by atoms with Crippen molar-refractivity contribution in [2.75, 3.05) is 19.3 Å². The quantitative estimate of drug-likeness (QED) is 0.485. The average molecular weight is 279 g/mol. The zero-order valence-electron chi connectivity index (χ0n) is 11.2. The van der Waals surface area contributed by atoms with Crippen LogP contribution in [-0.2, 0) is 0 Å². The van der Waals surface area contributed by atoms with E-state index in [9.17, 15) is 20.0 Å². The van der Waals surface area contributed by atoms with Crippen LogP contribution < -0.4 is 5.73 Å². The highest BCUT2D eigenvalue weighted by Gasteiger charge is 2.29. The molecule has 3 N–H and O–H groups in total. The van der Waals surface area contributed by atoms with Crippen molar-refractivity contribution >= 4 is 17.3 Å². The van der Waals surface area contributed by atoms with Gasteiger partial charge in [-0.2, -0.15) is 0 Å². The molecule has 0 aliphatic heterocycles. The van der Waals surface area contributed by atoms with Gasteiger partial charge in [-0.05, 0) is 24.8 Å². The molecule has 1 aliphatic carbocycles. The van der Waals surface area contributed by atoms with E-state index in [2.05, 4.69) is 0 Å². The lowest BCUT2D eigenvalue weighted by molar-refractivity contribution is -0.384. The molecule has 0 aromatic heterocycles. The first-order valence-electron chi connectivity index (χ1n) is 6.36. The zero-order chi connectivity index (χ0) is 14.9. The Morgan fingerprint density at radius 1 is 1.55 bits per heavy atom. The Morgan fingerprint density at radius 3 is 2.75 bits per heavy atom. The molecule has 7 heteroatoms. The molecule has 1 fully saturated rings. The number of nitro groups is 1. The lowest BCUT2D eigenvalue weighted by Crippen LogP contribution is -2.39. The highest BCUT2D eigenvalue weighted by Crippen LogP contribution is 2.28. The van der Waals surface area contributed by atoms with Crippen molar-refractivity contribution in [2.24, 2.45) is 5.92 Å². The molecule has 2 rings (SSSR count). The van der Waals surface area contributed by atoms with Gasteiger partial charge in [0.15, 0.2) is 0 Å². The summed E-state index contributed by atoms with van der Waals surface area (Å²) in [6.45, 7) is 0.512. The lowest BCUT2D eigenvalue weighted by Gasteiger charge is -2.34. The Balaban J connectivity index is 2.11. The third-order valence-corrected chi connectivity index (χ3v) is 3.57. The smallest absolute Gasteiger partial charge is 0.270 e. The van der Waals surface area contributed by atoms with E-state index in [4.69, 9.17) is 5.73 Å². The average Bonchev–Trinajstić information content (AvgIpc) is 2.36. The van der Waals surface area contributed by atoms with Gasteiger partial charge < -0.3 is 15.7 Å². The monoisotopic (exact) mass is 279 g/mol. The second kappa shape index (κ2) is 5.46. The molecule has 1 aromatic rings. The Labute approximate surface area is 116 Å². The predicted molar refractivity (Wildman–Crippen MR) is 73.2 cm³/mol. The Kier molecular flexibility index (Phi) is 3.89. The molecule has 7 nitrogen and oxygen atoms in total. The first-order chi connectivity index (χ1) is 9.38. The number of nitrogens with zero attached hydrogens (tertiary/aromatic N) is 2. The maximum atomic E-state index is 12.3. The van der Waals surface area contributed by atoms with Gasteiger partial charge in [-0.3, -0.25) is 14.9 Å². The summed E-state index contributed by atoms with van der Waals surface area (Å²) < 4.78 is 0. The number of benzene rings is 1. The number of nitro benzene ring substituents is 1. The Hall–Kier alpha value is -2.15. The zero-order valence-corrected chi connectivity index (χ0v) is 11.2. The van der Waals surface area contributed by atoms with Crippen molar-refractivity contribution in [1.82, 2.24) is 4.90 Å². The van der Waals surface area contributed by atoms with Gasteiger partial charge in [0.1, 0.15) is 0 Å². The van der Waals surface area contributed by atoms with Crippen LogP contribution in [0.1, 0.15) is 23.2 Å². The van der Waals surface area contributed by atoms with Crippen LogP contribution >= 0.6 is 0 Å². The number of aliphatic hydroxyl groups is 1. The molecular formula is C13H17N3O4. The molecule has 0 atom stereocenters. The van der Waals surface area contributed by atoms with E-state index >= 15 is 0 Å². The molecular weight excluding hydrogens is 262 g/mol. The number of nitrogens with two attached hydrogens (primary N) is 1. The fourth-order valence-corrected chi connectivity index (χ4v) is 2.37. The van der Waals surface area contributed by atoms with Crippen LogP contribution in [0.3, 0.4) is 0 Å². The van der Waals surface area contributed by atoms with Crippen LogP contribution in [0, 0.1) is 16.0 Å². The minimum Gasteiger partial charge on any atom is -0.398 e. The van der Waals surface area contributed by atoms with Crippen LogP contribution in [0.4, 0.5) is 11.4 Å². The van der Waals surface area contributed by atoms with E-state index < -0.39 is 4.92 Å². The number of carbonyl (C=O) groups is 1. The van der Waals surface area contributed by atoms with Crippen molar-refractivity contribution in [1.29, 1.82) is 0 Å². The molecule has 0 saturated heterocycles. The van der Waals surface area contributed by atoms with Crippen molar-refractivity contribution in [3.63, 3.8) is 0 Å². The maximum absolute atomic E-state index is 12.3. The van der Waals surface area contributed by atoms with E-state index in [-0.39, 0.29) is 34.9 Å². The molecule has 0 bridgehead atoms. The van der Waals surface area contributed by atoms with E-state index in [0.29, 0.717) is 19.4 Å². The van der Waals surface area contributed by atoms with Crippen molar-refractivity contribution in [2.45, 2.75) is 18.9 Å². The molecule has 108 valence electrons.